The van der Waals surface area contributed by atoms with E-state index < -0.39 is 0 Å². The highest BCUT2D eigenvalue weighted by Crippen LogP contribution is 2.36. The van der Waals surface area contributed by atoms with Crippen molar-refractivity contribution in [2.24, 2.45) is 0 Å². The second-order valence-corrected chi connectivity index (χ2v) is 7.38. The molecule has 1 aromatic rings. The molecule has 6 heteroatoms. The summed E-state index contributed by atoms with van der Waals surface area (Å²) in [5, 5.41) is 8.95. The molecule has 0 aliphatic carbocycles. The summed E-state index contributed by atoms with van der Waals surface area (Å²) in [6, 6.07) is 7.75. The summed E-state index contributed by atoms with van der Waals surface area (Å²) in [6.45, 7) is 5.17. The lowest BCUT2D eigenvalue weighted by molar-refractivity contribution is -0.162. The Balaban J connectivity index is 1.48. The van der Waals surface area contributed by atoms with Gasteiger partial charge in [0.2, 0.25) is 5.91 Å². The van der Waals surface area contributed by atoms with Gasteiger partial charge >= 0.3 is 0 Å². The van der Waals surface area contributed by atoms with Crippen LogP contribution in [0.4, 0.5) is 0 Å². The summed E-state index contributed by atoms with van der Waals surface area (Å²) >= 11 is 0. The van der Waals surface area contributed by atoms with Gasteiger partial charge in [0.15, 0.2) is 0 Å². The molecule has 150 valence electrons. The molecule has 1 aromatic carbocycles. The van der Waals surface area contributed by atoms with Crippen molar-refractivity contribution < 1.29 is 24.1 Å². The molecule has 27 heavy (non-hydrogen) atoms. The number of aliphatic hydroxyl groups is 1. The lowest BCUT2D eigenvalue weighted by Crippen LogP contribution is -2.52. The van der Waals surface area contributed by atoms with Crippen LogP contribution in [0.1, 0.15) is 38.2 Å². The van der Waals surface area contributed by atoms with E-state index in [-0.39, 0.29) is 24.2 Å². The van der Waals surface area contributed by atoms with Crippen LogP contribution in [0.3, 0.4) is 0 Å². The highest BCUT2D eigenvalue weighted by atomic mass is 16.5. The highest BCUT2D eigenvalue weighted by Gasteiger charge is 2.41. The number of hydrogen-bond donors (Lipinski definition) is 1. The molecule has 2 heterocycles. The van der Waals surface area contributed by atoms with Crippen molar-refractivity contribution in [2.45, 2.75) is 50.7 Å². The molecule has 1 spiro atoms. The minimum absolute atomic E-state index is 0.0538. The molecule has 1 amide bonds. The number of carbonyl (C=O) groups excluding carboxylic acids is 1. The van der Waals surface area contributed by atoms with E-state index in [1.165, 1.54) is 0 Å². The highest BCUT2D eigenvalue weighted by molar-refractivity contribution is 5.79. The number of hydrogen-bond acceptors (Lipinski definition) is 5. The zero-order valence-corrected chi connectivity index (χ0v) is 16.2. The largest absolute Gasteiger partial charge is 0.494 e. The van der Waals surface area contributed by atoms with E-state index in [1.807, 2.05) is 36.1 Å². The summed E-state index contributed by atoms with van der Waals surface area (Å²) < 4.78 is 17.3. The third kappa shape index (κ3) is 5.43. The van der Waals surface area contributed by atoms with Gasteiger partial charge in [0.05, 0.1) is 37.9 Å². The SMILES string of the molecule is CCOc1ccc(CC(=O)N2CCC3(CC2)CC(OCCO)CCO3)cc1. The van der Waals surface area contributed by atoms with Gasteiger partial charge in [-0.1, -0.05) is 12.1 Å². The Hall–Kier alpha value is -1.63. The van der Waals surface area contributed by atoms with Gasteiger partial charge in [-0.2, -0.15) is 0 Å². The minimum atomic E-state index is -0.172. The van der Waals surface area contributed by atoms with E-state index in [9.17, 15) is 4.79 Å². The Morgan fingerprint density at radius 3 is 2.70 bits per heavy atom. The van der Waals surface area contributed by atoms with Gasteiger partial charge in [0, 0.05) is 26.1 Å². The molecule has 1 atom stereocenters. The molecule has 2 aliphatic heterocycles. The van der Waals surface area contributed by atoms with E-state index in [1.54, 1.807) is 0 Å². The van der Waals surface area contributed by atoms with Crippen LogP contribution >= 0.6 is 0 Å². The summed E-state index contributed by atoms with van der Waals surface area (Å²) in [6.07, 6.45) is 4.00. The molecule has 3 rings (SSSR count). The van der Waals surface area contributed by atoms with Crippen LogP contribution in [0.25, 0.3) is 0 Å². The molecule has 1 N–H and O–H groups in total. The first-order valence-electron chi connectivity index (χ1n) is 10.00. The van der Waals surface area contributed by atoms with Crippen LogP contribution < -0.4 is 4.74 Å². The monoisotopic (exact) mass is 377 g/mol. The number of aliphatic hydroxyl groups excluding tert-OH is 1. The second kappa shape index (κ2) is 9.53. The summed E-state index contributed by atoms with van der Waals surface area (Å²) in [7, 11) is 0. The van der Waals surface area contributed by atoms with Crippen LogP contribution in [-0.4, -0.2) is 67.1 Å². The average Bonchev–Trinajstić information content (AvgIpc) is 2.69. The van der Waals surface area contributed by atoms with Crippen molar-refractivity contribution in [3.63, 3.8) is 0 Å². The van der Waals surface area contributed by atoms with Crippen molar-refractivity contribution in [1.29, 1.82) is 0 Å². The fourth-order valence-electron chi connectivity index (χ4n) is 4.01. The van der Waals surface area contributed by atoms with Gasteiger partial charge < -0.3 is 24.2 Å². The number of nitrogens with zero attached hydrogens (tertiary/aromatic N) is 1. The van der Waals surface area contributed by atoms with E-state index >= 15 is 0 Å². The fourth-order valence-corrected chi connectivity index (χ4v) is 4.01. The smallest absolute Gasteiger partial charge is 0.226 e. The minimum Gasteiger partial charge on any atom is -0.494 e. The Morgan fingerprint density at radius 2 is 2.04 bits per heavy atom. The number of rotatable bonds is 7. The van der Waals surface area contributed by atoms with Crippen LogP contribution in [-0.2, 0) is 20.7 Å². The third-order valence-corrected chi connectivity index (χ3v) is 5.51. The second-order valence-electron chi connectivity index (χ2n) is 7.38. The maximum absolute atomic E-state index is 12.7. The first kappa shape index (κ1) is 20.1. The maximum Gasteiger partial charge on any atom is 0.226 e. The number of amides is 1. The Morgan fingerprint density at radius 1 is 1.30 bits per heavy atom. The van der Waals surface area contributed by atoms with Crippen LogP contribution in [0.2, 0.25) is 0 Å². The number of carbonyl (C=O) groups is 1. The lowest BCUT2D eigenvalue weighted by Gasteiger charge is -2.46. The molecule has 0 saturated carbocycles. The van der Waals surface area contributed by atoms with Crippen molar-refractivity contribution in [2.75, 3.05) is 39.5 Å². The maximum atomic E-state index is 12.7. The summed E-state index contributed by atoms with van der Waals surface area (Å²) in [5.41, 5.74) is 0.837. The number of piperidine rings is 1. The summed E-state index contributed by atoms with van der Waals surface area (Å²) in [4.78, 5) is 14.6. The van der Waals surface area contributed by atoms with Crippen LogP contribution in [0.15, 0.2) is 24.3 Å². The van der Waals surface area contributed by atoms with Crippen molar-refractivity contribution >= 4 is 5.91 Å². The van der Waals surface area contributed by atoms with Gasteiger partial charge in [0.1, 0.15) is 5.75 Å². The molecule has 1 unspecified atom stereocenters. The average molecular weight is 377 g/mol. The quantitative estimate of drug-likeness (QED) is 0.789. The van der Waals surface area contributed by atoms with Crippen molar-refractivity contribution in [1.82, 2.24) is 4.90 Å². The number of benzene rings is 1. The standard InChI is InChI=1S/C21H31NO5/c1-2-25-18-5-3-17(4-6-18)15-20(24)22-10-8-21(9-11-22)16-19(7-13-27-21)26-14-12-23/h3-6,19,23H,2,7-16H2,1H3. The topological polar surface area (TPSA) is 68.2 Å². The Labute approximate surface area is 161 Å². The third-order valence-electron chi connectivity index (χ3n) is 5.51. The molecule has 2 fully saturated rings. The first-order valence-corrected chi connectivity index (χ1v) is 10.00. The lowest BCUT2D eigenvalue weighted by atomic mass is 9.83. The molecule has 2 saturated heterocycles. The van der Waals surface area contributed by atoms with Crippen molar-refractivity contribution in [3.8, 4) is 5.75 Å². The van der Waals surface area contributed by atoms with Gasteiger partial charge in [-0.05, 0) is 43.9 Å². The normalized spacial score (nSPS) is 22.0. The molecular formula is C21H31NO5. The zero-order valence-electron chi connectivity index (χ0n) is 16.2. The number of likely N-dealkylation sites (tertiary alicyclic amines) is 1. The Bertz CT molecular complexity index is 595. The van der Waals surface area contributed by atoms with Gasteiger partial charge in [0.25, 0.3) is 0 Å². The van der Waals surface area contributed by atoms with E-state index in [2.05, 4.69) is 0 Å². The predicted molar refractivity (Wildman–Crippen MR) is 102 cm³/mol. The molecule has 6 nitrogen and oxygen atoms in total. The molecule has 2 aliphatic rings. The van der Waals surface area contributed by atoms with Crippen LogP contribution in [0.5, 0.6) is 5.75 Å². The predicted octanol–water partition coefficient (Wildman–Crippen LogP) is 2.18. The zero-order chi connectivity index (χ0) is 19.1. The van der Waals surface area contributed by atoms with E-state index in [0.717, 1.165) is 50.1 Å². The van der Waals surface area contributed by atoms with Crippen molar-refractivity contribution in [3.05, 3.63) is 29.8 Å². The van der Waals surface area contributed by atoms with E-state index in [0.29, 0.717) is 26.2 Å². The molecule has 0 radical (unpaired) electrons. The van der Waals surface area contributed by atoms with E-state index in [4.69, 9.17) is 19.3 Å². The molecule has 0 aromatic heterocycles. The van der Waals surface area contributed by atoms with Gasteiger partial charge in [-0.15, -0.1) is 0 Å². The molecule has 0 bridgehead atoms. The van der Waals surface area contributed by atoms with Gasteiger partial charge in [-0.3, -0.25) is 4.79 Å². The fraction of sp³-hybridized carbons (Fsp3) is 0.667. The van der Waals surface area contributed by atoms with Crippen LogP contribution in [0, 0.1) is 0 Å². The Kier molecular flexibility index (Phi) is 7.10. The molecular weight excluding hydrogens is 346 g/mol. The van der Waals surface area contributed by atoms with Gasteiger partial charge in [-0.25, -0.2) is 0 Å². The summed E-state index contributed by atoms with van der Waals surface area (Å²) in [5.74, 6) is 0.999. The first-order chi connectivity index (χ1) is 13.1. The number of ether oxygens (including phenoxy) is 3.